The zero-order valence-electron chi connectivity index (χ0n) is 17.3. The number of rotatable bonds is 7. The number of halogens is 1. The highest BCUT2D eigenvalue weighted by atomic mass is 19.1. The van der Waals surface area contributed by atoms with Crippen molar-refractivity contribution in [2.24, 2.45) is 0 Å². The van der Waals surface area contributed by atoms with E-state index < -0.39 is 5.82 Å². The van der Waals surface area contributed by atoms with Gasteiger partial charge in [0.05, 0.1) is 0 Å². The highest BCUT2D eigenvalue weighted by molar-refractivity contribution is 6.04. The van der Waals surface area contributed by atoms with Crippen LogP contribution in [0.4, 0.5) is 10.1 Å². The molecule has 1 amide bonds. The number of allylic oxidation sites excluding steroid dienone is 1. The van der Waals surface area contributed by atoms with Crippen LogP contribution in [0.1, 0.15) is 35.3 Å². The van der Waals surface area contributed by atoms with Crippen LogP contribution >= 0.6 is 0 Å². The van der Waals surface area contributed by atoms with Gasteiger partial charge in [0.25, 0.3) is 5.91 Å². The van der Waals surface area contributed by atoms with E-state index in [9.17, 15) is 14.0 Å². The van der Waals surface area contributed by atoms with Crippen molar-refractivity contribution >= 4 is 28.9 Å². The molecule has 4 nitrogen and oxygen atoms in total. The number of hydrogen-bond donors (Lipinski definition) is 1. The number of ketones is 1. The first-order chi connectivity index (χ1) is 14.8. The molecular weight excluding hydrogens is 393 g/mol. The molecule has 0 aliphatic rings. The first-order valence-corrected chi connectivity index (χ1v) is 9.66. The van der Waals surface area contributed by atoms with Gasteiger partial charge >= 0.3 is 0 Å². The van der Waals surface area contributed by atoms with E-state index in [1.165, 1.54) is 31.2 Å². The molecule has 3 rings (SSSR count). The molecular formula is C26H22FNO3. The van der Waals surface area contributed by atoms with Crippen LogP contribution in [0.2, 0.25) is 0 Å². The number of ether oxygens (including phenoxy) is 1. The Morgan fingerprint density at radius 1 is 0.806 bits per heavy atom. The fourth-order valence-electron chi connectivity index (χ4n) is 2.83. The molecule has 0 fully saturated rings. The van der Waals surface area contributed by atoms with Crippen LogP contribution in [0.25, 0.3) is 11.5 Å². The largest absolute Gasteiger partial charge is 0.456 e. The van der Waals surface area contributed by atoms with E-state index in [-0.39, 0.29) is 11.7 Å². The second-order valence-corrected chi connectivity index (χ2v) is 6.94. The average molecular weight is 415 g/mol. The summed E-state index contributed by atoms with van der Waals surface area (Å²) in [5, 5.41) is 2.76. The lowest BCUT2D eigenvalue weighted by Crippen LogP contribution is -2.11. The molecule has 0 bridgehead atoms. The summed E-state index contributed by atoms with van der Waals surface area (Å²) in [4.78, 5) is 24.3. The van der Waals surface area contributed by atoms with Gasteiger partial charge in [0, 0.05) is 28.0 Å². The summed E-state index contributed by atoms with van der Waals surface area (Å²) in [5.74, 6) is -0.0532. The quantitative estimate of drug-likeness (QED) is 0.375. The van der Waals surface area contributed by atoms with Gasteiger partial charge in [-0.05, 0) is 62.4 Å². The maximum atomic E-state index is 13.0. The lowest BCUT2D eigenvalue weighted by molar-refractivity contribution is -0.113. The fourth-order valence-corrected chi connectivity index (χ4v) is 2.83. The molecule has 3 aromatic carbocycles. The van der Waals surface area contributed by atoms with Crippen molar-refractivity contribution in [2.75, 3.05) is 5.32 Å². The molecule has 0 heterocycles. The molecule has 31 heavy (non-hydrogen) atoms. The summed E-state index contributed by atoms with van der Waals surface area (Å²) in [6.07, 6.45) is 0. The van der Waals surface area contributed by atoms with Crippen molar-refractivity contribution in [3.05, 3.63) is 114 Å². The first-order valence-electron chi connectivity index (χ1n) is 9.66. The van der Waals surface area contributed by atoms with E-state index >= 15 is 0 Å². The van der Waals surface area contributed by atoms with Crippen molar-refractivity contribution < 1.29 is 18.7 Å². The third-order valence-corrected chi connectivity index (χ3v) is 4.70. The van der Waals surface area contributed by atoms with Gasteiger partial charge in [-0.25, -0.2) is 4.39 Å². The predicted molar refractivity (Wildman–Crippen MR) is 121 cm³/mol. The van der Waals surface area contributed by atoms with E-state index in [1.54, 1.807) is 31.2 Å². The number of benzene rings is 3. The van der Waals surface area contributed by atoms with Crippen LogP contribution < -0.4 is 5.32 Å². The Balaban J connectivity index is 1.81. The number of amides is 1. The minimum atomic E-state index is -0.404. The fraction of sp³-hybridized carbons (Fsp3) is 0.0769. The van der Waals surface area contributed by atoms with Gasteiger partial charge in [-0.3, -0.25) is 9.59 Å². The minimum absolute atomic E-state index is 0.121. The summed E-state index contributed by atoms with van der Waals surface area (Å²) in [6, 6.07) is 21.6. The average Bonchev–Trinajstić information content (AvgIpc) is 2.78. The highest BCUT2D eigenvalue weighted by Gasteiger charge is 2.14. The molecule has 3 aromatic rings. The Labute approximate surface area is 180 Å². The standard InChI is InChI=1S/C26H22FNO3/c1-17(18(2)29)25(31-19(3)20-7-5-4-6-8-20)21-11-15-24(16-12-21)28-26(30)22-9-13-23(27)14-10-22/h4-16H,3H2,1-2H3,(H,28,30)/b25-17+. The van der Waals surface area contributed by atoms with Gasteiger partial charge in [-0.15, -0.1) is 0 Å². The second-order valence-electron chi connectivity index (χ2n) is 6.94. The Hall–Kier alpha value is -3.99. The molecule has 1 N–H and O–H groups in total. The number of carbonyl (C=O) groups excluding carboxylic acids is 2. The van der Waals surface area contributed by atoms with Gasteiger partial charge in [-0.2, -0.15) is 0 Å². The number of carbonyl (C=O) groups is 2. The van der Waals surface area contributed by atoms with Gasteiger partial charge < -0.3 is 10.1 Å². The van der Waals surface area contributed by atoms with Crippen molar-refractivity contribution in [1.82, 2.24) is 0 Å². The third kappa shape index (κ3) is 5.54. The summed E-state index contributed by atoms with van der Waals surface area (Å²) in [7, 11) is 0. The smallest absolute Gasteiger partial charge is 0.255 e. The van der Waals surface area contributed by atoms with Crippen LogP contribution in [0.15, 0.2) is 91.0 Å². The van der Waals surface area contributed by atoms with E-state index in [0.29, 0.717) is 33.9 Å². The zero-order chi connectivity index (χ0) is 22.4. The number of anilines is 1. The molecule has 0 aliphatic carbocycles. The lowest BCUT2D eigenvalue weighted by atomic mass is 10.1. The van der Waals surface area contributed by atoms with E-state index in [1.807, 2.05) is 30.3 Å². The van der Waals surface area contributed by atoms with Crippen LogP contribution in [-0.4, -0.2) is 11.7 Å². The first kappa shape index (κ1) is 21.7. The second kappa shape index (κ2) is 9.67. The van der Waals surface area contributed by atoms with Gasteiger partial charge in [0.2, 0.25) is 0 Å². The van der Waals surface area contributed by atoms with Crippen molar-refractivity contribution in [3.8, 4) is 0 Å². The van der Waals surface area contributed by atoms with E-state index in [2.05, 4.69) is 11.9 Å². The normalized spacial score (nSPS) is 11.3. The molecule has 0 saturated heterocycles. The molecule has 0 aliphatic heterocycles. The number of hydrogen-bond acceptors (Lipinski definition) is 3. The van der Waals surface area contributed by atoms with E-state index in [4.69, 9.17) is 4.74 Å². The Kier molecular flexibility index (Phi) is 6.78. The lowest BCUT2D eigenvalue weighted by Gasteiger charge is -2.16. The summed E-state index contributed by atoms with van der Waals surface area (Å²) in [6.45, 7) is 7.15. The van der Waals surface area contributed by atoms with Gasteiger partial charge in [0.15, 0.2) is 5.78 Å². The summed E-state index contributed by atoms with van der Waals surface area (Å²) >= 11 is 0. The van der Waals surface area contributed by atoms with Crippen LogP contribution in [0.5, 0.6) is 0 Å². The van der Waals surface area contributed by atoms with E-state index in [0.717, 1.165) is 5.56 Å². The van der Waals surface area contributed by atoms with Crippen LogP contribution in [-0.2, 0) is 9.53 Å². The molecule has 0 saturated carbocycles. The van der Waals surface area contributed by atoms with Crippen LogP contribution in [0.3, 0.4) is 0 Å². The molecule has 0 radical (unpaired) electrons. The zero-order valence-corrected chi connectivity index (χ0v) is 17.3. The number of nitrogens with one attached hydrogen (secondary N) is 1. The Morgan fingerprint density at radius 3 is 1.97 bits per heavy atom. The maximum Gasteiger partial charge on any atom is 0.255 e. The molecule has 0 spiro atoms. The SMILES string of the molecule is C=C(O/C(=C(\C)C(C)=O)c1ccc(NC(=O)c2ccc(F)cc2)cc1)c1ccccc1. The number of Topliss-reactive ketones (excluding diaryl/α,β-unsaturated/α-hetero) is 1. The molecule has 5 heteroatoms. The molecule has 156 valence electrons. The highest BCUT2D eigenvalue weighted by Crippen LogP contribution is 2.28. The van der Waals surface area contributed by atoms with Crippen molar-refractivity contribution in [3.63, 3.8) is 0 Å². The predicted octanol–water partition coefficient (Wildman–Crippen LogP) is 6.09. The maximum absolute atomic E-state index is 13.0. The van der Waals surface area contributed by atoms with Crippen molar-refractivity contribution in [2.45, 2.75) is 13.8 Å². The Bertz CT molecular complexity index is 1130. The van der Waals surface area contributed by atoms with Crippen molar-refractivity contribution in [1.29, 1.82) is 0 Å². The van der Waals surface area contributed by atoms with Crippen LogP contribution in [0, 0.1) is 5.82 Å². The molecule has 0 atom stereocenters. The van der Waals surface area contributed by atoms with Gasteiger partial charge in [-0.1, -0.05) is 36.9 Å². The summed E-state index contributed by atoms with van der Waals surface area (Å²) < 4.78 is 19.0. The molecule has 0 unspecified atom stereocenters. The summed E-state index contributed by atoms with van der Waals surface area (Å²) in [5.41, 5.74) is 2.84. The third-order valence-electron chi connectivity index (χ3n) is 4.70. The van der Waals surface area contributed by atoms with Gasteiger partial charge in [0.1, 0.15) is 17.3 Å². The topological polar surface area (TPSA) is 55.4 Å². The monoisotopic (exact) mass is 415 g/mol. The minimum Gasteiger partial charge on any atom is -0.456 e. The Morgan fingerprint density at radius 2 is 1.39 bits per heavy atom. The molecule has 0 aromatic heterocycles.